The molecule has 0 radical (unpaired) electrons. The fourth-order valence-corrected chi connectivity index (χ4v) is 4.72. The van der Waals surface area contributed by atoms with Crippen molar-refractivity contribution < 1.29 is 23.6 Å². The first-order valence-electron chi connectivity index (χ1n) is 9.86. The molecule has 13 heteroatoms. The van der Waals surface area contributed by atoms with Gasteiger partial charge in [-0.3, -0.25) is 14.4 Å². The van der Waals surface area contributed by atoms with Crippen molar-refractivity contribution in [1.82, 2.24) is 15.4 Å². The summed E-state index contributed by atoms with van der Waals surface area (Å²) in [6.45, 7) is 1.99. The highest BCUT2D eigenvalue weighted by atomic mass is 32.2. The van der Waals surface area contributed by atoms with E-state index < -0.39 is 5.92 Å². The van der Waals surface area contributed by atoms with Gasteiger partial charge in [0, 0.05) is 30.8 Å². The third-order valence-corrected chi connectivity index (χ3v) is 6.69. The summed E-state index contributed by atoms with van der Waals surface area (Å²) in [7, 11) is 1.56. The van der Waals surface area contributed by atoms with Crippen molar-refractivity contribution in [2.45, 2.75) is 17.7 Å². The SMILES string of the molecule is COc1cccc(N2C[C@@H](C(=O)Nc3nnc(SCC(=O)Nc4cc(C)on4)s3)CC2=O)c1. The van der Waals surface area contributed by atoms with Crippen LogP contribution in [0.25, 0.3) is 0 Å². The number of aryl methyl sites for hydroxylation is 1. The molecular weight excluding hydrogens is 468 g/mol. The quantitative estimate of drug-likeness (QED) is 0.362. The molecule has 0 bridgehead atoms. The molecule has 3 amide bonds. The molecule has 0 saturated carbocycles. The van der Waals surface area contributed by atoms with Gasteiger partial charge in [-0.15, -0.1) is 10.2 Å². The second kappa shape index (κ2) is 10.0. The van der Waals surface area contributed by atoms with E-state index in [0.29, 0.717) is 32.5 Å². The molecule has 2 N–H and O–H groups in total. The largest absolute Gasteiger partial charge is 0.497 e. The number of hydrogen-bond acceptors (Lipinski definition) is 10. The summed E-state index contributed by atoms with van der Waals surface area (Å²) in [6.07, 6.45) is 0.102. The Morgan fingerprint density at radius 3 is 2.91 bits per heavy atom. The normalized spacial score (nSPS) is 15.5. The van der Waals surface area contributed by atoms with E-state index in [0.717, 1.165) is 11.3 Å². The first-order chi connectivity index (χ1) is 15.9. The molecule has 0 aliphatic carbocycles. The van der Waals surface area contributed by atoms with Crippen molar-refractivity contribution in [2.75, 3.05) is 34.9 Å². The average molecular weight is 489 g/mol. The van der Waals surface area contributed by atoms with E-state index in [1.165, 1.54) is 11.8 Å². The number of aromatic nitrogens is 3. The van der Waals surface area contributed by atoms with Gasteiger partial charge in [0.15, 0.2) is 10.2 Å². The lowest BCUT2D eigenvalue weighted by molar-refractivity contribution is -0.122. The first-order valence-corrected chi connectivity index (χ1v) is 11.7. The van der Waals surface area contributed by atoms with E-state index in [4.69, 9.17) is 9.26 Å². The number of benzene rings is 1. The molecule has 3 heterocycles. The van der Waals surface area contributed by atoms with E-state index in [-0.39, 0.29) is 36.4 Å². The van der Waals surface area contributed by atoms with Crippen LogP contribution in [0.4, 0.5) is 16.6 Å². The molecule has 0 spiro atoms. The van der Waals surface area contributed by atoms with Gasteiger partial charge in [0.05, 0.1) is 18.8 Å². The maximum Gasteiger partial charge on any atom is 0.236 e. The number of carbonyl (C=O) groups is 3. The van der Waals surface area contributed by atoms with Crippen molar-refractivity contribution >= 4 is 57.5 Å². The Labute approximate surface area is 196 Å². The molecule has 3 aromatic rings. The molecule has 1 atom stereocenters. The number of thioether (sulfide) groups is 1. The number of methoxy groups -OCH3 is 1. The summed E-state index contributed by atoms with van der Waals surface area (Å²) in [6, 6.07) is 8.76. The Morgan fingerprint density at radius 2 is 2.15 bits per heavy atom. The van der Waals surface area contributed by atoms with E-state index in [1.54, 1.807) is 49.3 Å². The summed E-state index contributed by atoms with van der Waals surface area (Å²) in [5.41, 5.74) is 0.684. The summed E-state index contributed by atoms with van der Waals surface area (Å²) < 4.78 is 10.6. The van der Waals surface area contributed by atoms with Crippen LogP contribution in [0, 0.1) is 12.8 Å². The molecular formula is C20H20N6O5S2. The highest BCUT2D eigenvalue weighted by Gasteiger charge is 2.35. The van der Waals surface area contributed by atoms with E-state index in [1.807, 2.05) is 0 Å². The molecule has 172 valence electrons. The molecule has 2 aromatic heterocycles. The number of hydrogen-bond donors (Lipinski definition) is 2. The van der Waals surface area contributed by atoms with Crippen LogP contribution in [0.5, 0.6) is 5.75 Å². The number of amides is 3. The van der Waals surface area contributed by atoms with Crippen LogP contribution in [-0.2, 0) is 14.4 Å². The third kappa shape index (κ3) is 5.68. The predicted octanol–water partition coefficient (Wildman–Crippen LogP) is 2.57. The Balaban J connectivity index is 1.28. The van der Waals surface area contributed by atoms with Crippen molar-refractivity contribution in [1.29, 1.82) is 0 Å². The molecule has 33 heavy (non-hydrogen) atoms. The van der Waals surface area contributed by atoms with Crippen molar-refractivity contribution in [2.24, 2.45) is 5.92 Å². The Hall–Kier alpha value is -3.45. The molecule has 11 nitrogen and oxygen atoms in total. The third-order valence-electron chi connectivity index (χ3n) is 4.72. The lowest BCUT2D eigenvalue weighted by Crippen LogP contribution is -2.28. The lowest BCUT2D eigenvalue weighted by atomic mass is 10.1. The van der Waals surface area contributed by atoms with Gasteiger partial charge in [0.1, 0.15) is 11.5 Å². The van der Waals surface area contributed by atoms with Gasteiger partial charge in [-0.2, -0.15) is 0 Å². The maximum atomic E-state index is 12.7. The highest BCUT2D eigenvalue weighted by molar-refractivity contribution is 8.01. The summed E-state index contributed by atoms with van der Waals surface area (Å²) in [5, 5.41) is 17.3. The maximum absolute atomic E-state index is 12.7. The fourth-order valence-electron chi connectivity index (χ4n) is 3.17. The van der Waals surface area contributed by atoms with Gasteiger partial charge in [-0.1, -0.05) is 34.3 Å². The minimum atomic E-state index is -0.514. The van der Waals surface area contributed by atoms with Crippen molar-refractivity contribution in [3.8, 4) is 5.75 Å². The molecule has 1 aliphatic heterocycles. The number of carbonyl (C=O) groups excluding carboxylic acids is 3. The van der Waals surface area contributed by atoms with Crippen LogP contribution in [0.2, 0.25) is 0 Å². The number of nitrogens with zero attached hydrogens (tertiary/aromatic N) is 4. The van der Waals surface area contributed by atoms with Crippen LogP contribution >= 0.6 is 23.1 Å². The molecule has 0 unspecified atom stereocenters. The summed E-state index contributed by atoms with van der Waals surface area (Å²) in [5.74, 6) is 0.455. The van der Waals surface area contributed by atoms with E-state index in [9.17, 15) is 14.4 Å². The zero-order valence-electron chi connectivity index (χ0n) is 17.7. The highest BCUT2D eigenvalue weighted by Crippen LogP contribution is 2.30. The second-order valence-corrected chi connectivity index (χ2v) is 9.33. The van der Waals surface area contributed by atoms with Gasteiger partial charge < -0.3 is 24.8 Å². The van der Waals surface area contributed by atoms with Crippen LogP contribution < -0.4 is 20.3 Å². The Bertz CT molecular complexity index is 1180. The number of nitrogens with one attached hydrogen (secondary N) is 2. The Kier molecular flexibility index (Phi) is 6.89. The summed E-state index contributed by atoms with van der Waals surface area (Å²) >= 11 is 2.34. The molecule has 1 saturated heterocycles. The standard InChI is InChI=1S/C20H20N6O5S2/c1-11-6-15(25-31-11)21-16(27)10-32-20-24-23-19(33-20)22-18(29)12-7-17(28)26(9-12)13-4-3-5-14(8-13)30-2/h3-6,8,12H,7,9-10H2,1-2H3,(H,21,25,27)(H,22,23,29)/t12-/m0/s1. The zero-order valence-corrected chi connectivity index (χ0v) is 19.4. The summed E-state index contributed by atoms with van der Waals surface area (Å²) in [4.78, 5) is 38.7. The van der Waals surface area contributed by atoms with Gasteiger partial charge in [-0.05, 0) is 19.1 Å². The Morgan fingerprint density at radius 1 is 1.30 bits per heavy atom. The monoisotopic (exact) mass is 488 g/mol. The molecule has 1 aliphatic rings. The molecule has 1 aromatic carbocycles. The minimum Gasteiger partial charge on any atom is -0.497 e. The fraction of sp³-hybridized carbons (Fsp3) is 0.300. The van der Waals surface area contributed by atoms with Crippen LogP contribution in [0.15, 0.2) is 39.2 Å². The molecule has 1 fully saturated rings. The average Bonchev–Trinajstić information content (AvgIpc) is 3.52. The topological polar surface area (TPSA) is 140 Å². The predicted molar refractivity (Wildman–Crippen MR) is 123 cm³/mol. The van der Waals surface area contributed by atoms with Gasteiger partial charge in [-0.25, -0.2) is 0 Å². The first kappa shape index (κ1) is 22.7. The molecule has 4 rings (SSSR count). The number of ether oxygens (including phenoxy) is 1. The van der Waals surface area contributed by atoms with Crippen molar-refractivity contribution in [3.63, 3.8) is 0 Å². The zero-order chi connectivity index (χ0) is 23.4. The smallest absolute Gasteiger partial charge is 0.236 e. The number of rotatable bonds is 8. The van der Waals surface area contributed by atoms with E-state index in [2.05, 4.69) is 26.0 Å². The van der Waals surface area contributed by atoms with Crippen molar-refractivity contribution in [3.05, 3.63) is 36.1 Å². The van der Waals surface area contributed by atoms with Gasteiger partial charge >= 0.3 is 0 Å². The lowest BCUT2D eigenvalue weighted by Gasteiger charge is -2.17. The van der Waals surface area contributed by atoms with Gasteiger partial charge in [0.2, 0.25) is 22.9 Å². The second-order valence-electron chi connectivity index (χ2n) is 7.13. The van der Waals surface area contributed by atoms with Gasteiger partial charge in [0.25, 0.3) is 0 Å². The van der Waals surface area contributed by atoms with Crippen LogP contribution in [-0.4, -0.2) is 52.5 Å². The van der Waals surface area contributed by atoms with E-state index >= 15 is 0 Å². The van der Waals surface area contributed by atoms with Crippen LogP contribution in [0.3, 0.4) is 0 Å². The van der Waals surface area contributed by atoms with Crippen LogP contribution in [0.1, 0.15) is 12.2 Å². The number of anilines is 3. The minimum absolute atomic E-state index is 0.0983.